The Morgan fingerprint density at radius 3 is 2.53 bits per heavy atom. The quantitative estimate of drug-likeness (QED) is 0.809. The van der Waals surface area contributed by atoms with Crippen molar-refractivity contribution in [2.45, 2.75) is 46.1 Å². The summed E-state index contributed by atoms with van der Waals surface area (Å²) in [6, 6.07) is 5.98. The number of Topliss-reactive ketones (excluding diaryl/α,β-unsaturated/α-hetero) is 1. The van der Waals surface area contributed by atoms with Crippen molar-refractivity contribution in [1.82, 2.24) is 0 Å². The predicted octanol–water partition coefficient (Wildman–Crippen LogP) is 4.32. The van der Waals surface area contributed by atoms with E-state index in [1.165, 1.54) is 0 Å². The van der Waals surface area contributed by atoms with Gasteiger partial charge in [-0.05, 0) is 43.5 Å². The lowest BCUT2D eigenvalue weighted by Crippen LogP contribution is -2.16. The molecule has 94 valence electrons. The number of hydrogen-bond donors (Lipinski definition) is 0. The summed E-state index contributed by atoms with van der Waals surface area (Å²) in [6.07, 6.45) is 0.374. The van der Waals surface area contributed by atoms with Crippen LogP contribution in [0.5, 0.6) is 5.75 Å². The van der Waals surface area contributed by atoms with Gasteiger partial charge >= 0.3 is 0 Å². The predicted molar refractivity (Wildman–Crippen MR) is 73.6 cm³/mol. The molecule has 17 heavy (non-hydrogen) atoms. The molecule has 0 bridgehead atoms. The normalized spacial score (nSPS) is 12.6. The topological polar surface area (TPSA) is 26.3 Å². The molecule has 2 nitrogen and oxygen atoms in total. The summed E-state index contributed by atoms with van der Waals surface area (Å²) in [6.45, 7) is 7.77. The molecule has 1 atom stereocenters. The Hall–Kier alpha value is -0.830. The molecule has 0 saturated heterocycles. The molecule has 1 aromatic rings. The number of carbonyl (C=O) groups is 1. The fraction of sp³-hybridized carbons (Fsp3) is 0.500. The van der Waals surface area contributed by atoms with E-state index in [-0.39, 0.29) is 11.9 Å². The van der Waals surface area contributed by atoms with Gasteiger partial charge in [-0.25, -0.2) is 0 Å². The first-order valence-electron chi connectivity index (χ1n) is 5.85. The average Bonchev–Trinajstić information content (AvgIpc) is 2.19. The lowest BCUT2D eigenvalue weighted by atomic mass is 10.0. The smallest absolute Gasteiger partial charge is 0.133 e. The number of rotatable bonds is 5. The third-order valence-electron chi connectivity index (χ3n) is 2.50. The highest BCUT2D eigenvalue weighted by Gasteiger charge is 2.12. The summed E-state index contributed by atoms with van der Waals surface area (Å²) < 4.78 is 6.88. The van der Waals surface area contributed by atoms with Crippen LogP contribution in [0.3, 0.4) is 0 Å². The van der Waals surface area contributed by atoms with E-state index in [0.29, 0.717) is 12.3 Å². The van der Waals surface area contributed by atoms with Gasteiger partial charge in [0, 0.05) is 10.9 Å². The lowest BCUT2D eigenvalue weighted by molar-refractivity contribution is -0.118. The molecule has 0 amide bonds. The zero-order chi connectivity index (χ0) is 13.0. The van der Waals surface area contributed by atoms with Gasteiger partial charge in [-0.1, -0.05) is 29.8 Å². The molecule has 0 aromatic heterocycles. The Morgan fingerprint density at radius 1 is 1.35 bits per heavy atom. The zero-order valence-electron chi connectivity index (χ0n) is 10.8. The Balaban J connectivity index is 2.86. The second kappa shape index (κ2) is 6.20. The third kappa shape index (κ3) is 4.50. The van der Waals surface area contributed by atoms with Crippen LogP contribution in [0.15, 0.2) is 22.7 Å². The fourth-order valence-corrected chi connectivity index (χ4v) is 2.12. The van der Waals surface area contributed by atoms with Gasteiger partial charge in [0.05, 0.1) is 0 Å². The van der Waals surface area contributed by atoms with Crippen LogP contribution in [0.1, 0.15) is 45.6 Å². The second-order valence-corrected chi connectivity index (χ2v) is 5.59. The maximum atomic E-state index is 11.0. The minimum atomic E-state index is -0.0776. The molecule has 0 spiro atoms. The van der Waals surface area contributed by atoms with Crippen LogP contribution in [0, 0.1) is 0 Å². The van der Waals surface area contributed by atoms with E-state index in [1.54, 1.807) is 6.92 Å². The summed E-state index contributed by atoms with van der Waals surface area (Å²) in [4.78, 5) is 11.0. The van der Waals surface area contributed by atoms with E-state index in [9.17, 15) is 4.79 Å². The van der Waals surface area contributed by atoms with E-state index in [0.717, 1.165) is 15.8 Å². The van der Waals surface area contributed by atoms with Gasteiger partial charge in [0.2, 0.25) is 0 Å². The maximum absolute atomic E-state index is 11.0. The van der Waals surface area contributed by atoms with Gasteiger partial charge < -0.3 is 4.74 Å². The number of carbonyl (C=O) groups excluding carboxylic acids is 1. The Kier molecular flexibility index (Phi) is 5.19. The summed E-state index contributed by atoms with van der Waals surface area (Å²) in [5.41, 5.74) is 1.16. The van der Waals surface area contributed by atoms with Crippen LogP contribution in [0.4, 0.5) is 0 Å². The van der Waals surface area contributed by atoms with E-state index < -0.39 is 0 Å². The van der Waals surface area contributed by atoms with Gasteiger partial charge in [-0.15, -0.1) is 0 Å². The first kappa shape index (κ1) is 14.2. The van der Waals surface area contributed by atoms with Crippen LogP contribution < -0.4 is 4.74 Å². The SMILES string of the molecule is CC(=O)CC(C)Oc1ccc(Br)cc1C(C)C. The van der Waals surface area contributed by atoms with E-state index in [1.807, 2.05) is 19.1 Å². The molecule has 3 heteroatoms. The van der Waals surface area contributed by atoms with Crippen molar-refractivity contribution in [1.29, 1.82) is 0 Å². The first-order valence-corrected chi connectivity index (χ1v) is 6.65. The minimum absolute atomic E-state index is 0.0776. The van der Waals surface area contributed by atoms with E-state index in [4.69, 9.17) is 4.74 Å². The number of ether oxygens (including phenoxy) is 1. The number of ketones is 1. The zero-order valence-corrected chi connectivity index (χ0v) is 12.4. The van der Waals surface area contributed by atoms with Crippen LogP contribution >= 0.6 is 15.9 Å². The number of benzene rings is 1. The van der Waals surface area contributed by atoms with Crippen LogP contribution in [0.25, 0.3) is 0 Å². The molecule has 0 fully saturated rings. The van der Waals surface area contributed by atoms with Crippen molar-refractivity contribution >= 4 is 21.7 Å². The number of halogens is 1. The molecule has 0 aliphatic heterocycles. The molecular weight excluding hydrogens is 280 g/mol. The van der Waals surface area contributed by atoms with E-state index in [2.05, 4.69) is 35.8 Å². The summed E-state index contributed by atoms with van der Waals surface area (Å²) in [5.74, 6) is 1.42. The van der Waals surface area contributed by atoms with Crippen LogP contribution in [-0.4, -0.2) is 11.9 Å². The lowest BCUT2D eigenvalue weighted by Gasteiger charge is -2.18. The highest BCUT2D eigenvalue weighted by molar-refractivity contribution is 9.10. The monoisotopic (exact) mass is 298 g/mol. The second-order valence-electron chi connectivity index (χ2n) is 4.67. The van der Waals surface area contributed by atoms with Crippen molar-refractivity contribution < 1.29 is 9.53 Å². The Bertz CT molecular complexity index is 399. The van der Waals surface area contributed by atoms with Crippen molar-refractivity contribution in [2.24, 2.45) is 0 Å². The van der Waals surface area contributed by atoms with Crippen molar-refractivity contribution in [3.05, 3.63) is 28.2 Å². The van der Waals surface area contributed by atoms with Crippen molar-refractivity contribution in [2.75, 3.05) is 0 Å². The fourth-order valence-electron chi connectivity index (χ4n) is 1.74. The summed E-state index contributed by atoms with van der Waals surface area (Å²) in [7, 11) is 0. The minimum Gasteiger partial charge on any atom is -0.490 e. The van der Waals surface area contributed by atoms with Gasteiger partial charge in [-0.2, -0.15) is 0 Å². The molecule has 0 heterocycles. The molecule has 1 aromatic carbocycles. The van der Waals surface area contributed by atoms with Crippen LogP contribution in [-0.2, 0) is 4.79 Å². The molecule has 0 saturated carbocycles. The van der Waals surface area contributed by atoms with Gasteiger partial charge in [0.15, 0.2) is 0 Å². The largest absolute Gasteiger partial charge is 0.490 e. The summed E-state index contributed by atoms with van der Waals surface area (Å²) >= 11 is 3.46. The highest BCUT2D eigenvalue weighted by atomic mass is 79.9. The van der Waals surface area contributed by atoms with Gasteiger partial charge in [0.25, 0.3) is 0 Å². The van der Waals surface area contributed by atoms with Gasteiger partial charge in [-0.3, -0.25) is 4.79 Å². The average molecular weight is 299 g/mol. The Morgan fingerprint density at radius 2 is 2.00 bits per heavy atom. The van der Waals surface area contributed by atoms with Crippen LogP contribution in [0.2, 0.25) is 0 Å². The third-order valence-corrected chi connectivity index (χ3v) is 2.99. The first-order chi connectivity index (χ1) is 7.90. The molecule has 1 unspecified atom stereocenters. The summed E-state index contributed by atoms with van der Waals surface area (Å²) in [5, 5.41) is 0. The molecule has 0 radical (unpaired) electrons. The number of hydrogen-bond acceptors (Lipinski definition) is 2. The van der Waals surface area contributed by atoms with E-state index >= 15 is 0 Å². The van der Waals surface area contributed by atoms with Crippen molar-refractivity contribution in [3.63, 3.8) is 0 Å². The standard InChI is InChI=1S/C14H19BrO2/c1-9(2)13-8-12(15)5-6-14(13)17-11(4)7-10(3)16/h5-6,8-9,11H,7H2,1-4H3. The van der Waals surface area contributed by atoms with Gasteiger partial charge in [0.1, 0.15) is 17.6 Å². The maximum Gasteiger partial charge on any atom is 0.133 e. The molecular formula is C14H19BrO2. The Labute approximate surface area is 111 Å². The van der Waals surface area contributed by atoms with Crippen molar-refractivity contribution in [3.8, 4) is 5.75 Å². The molecule has 0 aliphatic rings. The molecule has 0 N–H and O–H groups in total. The molecule has 0 aliphatic carbocycles. The highest BCUT2D eigenvalue weighted by Crippen LogP contribution is 2.30. The molecule has 1 rings (SSSR count).